The number of carbonyl (C=O) groups excluding carboxylic acids is 4. The van der Waals surface area contributed by atoms with Crippen molar-refractivity contribution in [2.45, 2.75) is 13.8 Å². The second-order valence-electron chi connectivity index (χ2n) is 6.20. The van der Waals surface area contributed by atoms with Crippen LogP contribution in [-0.4, -0.2) is 23.6 Å². The molecule has 2 heterocycles. The lowest BCUT2D eigenvalue weighted by Gasteiger charge is -2.15. The molecule has 0 aromatic heterocycles. The molecule has 2 aromatic carbocycles. The summed E-state index contributed by atoms with van der Waals surface area (Å²) in [7, 11) is 0. The molecule has 0 bridgehead atoms. The third kappa shape index (κ3) is 3.40. The van der Waals surface area contributed by atoms with Gasteiger partial charge in [-0.25, -0.2) is 9.80 Å². The average molecular weight is 374 g/mol. The SMILES string of the molecule is C.O=C1C=CC(=O)N1c1ccc(Cc2ccc(N3C(=O)C=CC3=O)cc2)cc1. The zero-order chi connectivity index (χ0) is 19.0. The number of amides is 4. The predicted octanol–water partition coefficient (Wildman–Crippen LogP) is 2.77. The van der Waals surface area contributed by atoms with E-state index < -0.39 is 0 Å². The summed E-state index contributed by atoms with van der Waals surface area (Å²) in [5.41, 5.74) is 3.09. The molecular weight excluding hydrogens is 356 g/mol. The van der Waals surface area contributed by atoms with Gasteiger partial charge in [0.2, 0.25) is 0 Å². The Morgan fingerprint density at radius 2 is 0.786 bits per heavy atom. The molecule has 0 saturated carbocycles. The van der Waals surface area contributed by atoms with Gasteiger partial charge in [-0.1, -0.05) is 31.7 Å². The van der Waals surface area contributed by atoms with Crippen molar-refractivity contribution in [2.75, 3.05) is 9.80 Å². The van der Waals surface area contributed by atoms with Gasteiger partial charge in [0.15, 0.2) is 0 Å². The number of hydrogen-bond acceptors (Lipinski definition) is 4. The molecule has 2 aliphatic rings. The summed E-state index contributed by atoms with van der Waals surface area (Å²) in [6.45, 7) is 0. The Kier molecular flexibility index (Phi) is 5.04. The molecule has 0 unspecified atom stereocenters. The van der Waals surface area contributed by atoms with E-state index in [0.717, 1.165) is 20.9 Å². The van der Waals surface area contributed by atoms with Crippen molar-refractivity contribution in [1.29, 1.82) is 0 Å². The summed E-state index contributed by atoms with van der Waals surface area (Å²) in [5.74, 6) is -1.37. The second-order valence-corrected chi connectivity index (χ2v) is 6.20. The molecular formula is C22H18N2O4. The number of anilines is 2. The number of hydrogen-bond donors (Lipinski definition) is 0. The predicted molar refractivity (Wildman–Crippen MR) is 106 cm³/mol. The van der Waals surface area contributed by atoms with Crippen LogP contribution in [0.1, 0.15) is 18.6 Å². The van der Waals surface area contributed by atoms with Crippen LogP contribution in [0.3, 0.4) is 0 Å². The number of nitrogens with zero attached hydrogens (tertiary/aromatic N) is 2. The van der Waals surface area contributed by atoms with Crippen LogP contribution in [0.5, 0.6) is 0 Å². The third-order valence-electron chi connectivity index (χ3n) is 4.42. The van der Waals surface area contributed by atoms with E-state index in [4.69, 9.17) is 0 Å². The first-order chi connectivity index (χ1) is 13.0. The molecule has 140 valence electrons. The highest BCUT2D eigenvalue weighted by Gasteiger charge is 2.25. The molecule has 6 nitrogen and oxygen atoms in total. The highest BCUT2D eigenvalue weighted by Crippen LogP contribution is 2.23. The Hall–Kier alpha value is -3.80. The largest absolute Gasteiger partial charge is 0.269 e. The molecule has 0 N–H and O–H groups in total. The standard InChI is InChI=1S/C21H14N2O4.CH4/c24-18-9-10-19(25)22(18)16-5-1-14(2-6-16)13-15-3-7-17(8-4-15)23-20(26)11-12-21(23)27;/h1-12H,13H2;1H4. The van der Waals surface area contributed by atoms with E-state index in [0.29, 0.717) is 17.8 Å². The fourth-order valence-electron chi connectivity index (χ4n) is 3.07. The van der Waals surface area contributed by atoms with Crippen molar-refractivity contribution < 1.29 is 19.2 Å². The van der Waals surface area contributed by atoms with Crippen LogP contribution in [0, 0.1) is 0 Å². The van der Waals surface area contributed by atoms with Gasteiger partial charge in [-0.15, -0.1) is 0 Å². The lowest BCUT2D eigenvalue weighted by molar-refractivity contribution is -0.121. The van der Waals surface area contributed by atoms with Gasteiger partial charge in [-0.3, -0.25) is 19.2 Å². The van der Waals surface area contributed by atoms with Gasteiger partial charge in [-0.2, -0.15) is 0 Å². The second kappa shape index (κ2) is 7.44. The fourth-order valence-corrected chi connectivity index (χ4v) is 3.07. The molecule has 0 atom stereocenters. The van der Waals surface area contributed by atoms with Gasteiger partial charge in [-0.05, 0) is 41.8 Å². The monoisotopic (exact) mass is 374 g/mol. The molecule has 4 amide bonds. The minimum Gasteiger partial charge on any atom is -0.269 e. The van der Waals surface area contributed by atoms with Crippen molar-refractivity contribution in [2.24, 2.45) is 0 Å². The van der Waals surface area contributed by atoms with Crippen LogP contribution in [0.2, 0.25) is 0 Å². The maximum atomic E-state index is 11.7. The molecule has 0 radical (unpaired) electrons. The van der Waals surface area contributed by atoms with Gasteiger partial charge in [0, 0.05) is 24.3 Å². The van der Waals surface area contributed by atoms with E-state index >= 15 is 0 Å². The molecule has 0 fully saturated rings. The zero-order valence-corrected chi connectivity index (χ0v) is 14.2. The first-order valence-corrected chi connectivity index (χ1v) is 8.33. The molecule has 28 heavy (non-hydrogen) atoms. The van der Waals surface area contributed by atoms with Crippen molar-refractivity contribution in [3.05, 3.63) is 84.0 Å². The Labute approximate surface area is 162 Å². The average Bonchev–Trinajstić information content (AvgIpc) is 3.18. The van der Waals surface area contributed by atoms with Gasteiger partial charge >= 0.3 is 0 Å². The summed E-state index contributed by atoms with van der Waals surface area (Å²) in [4.78, 5) is 49.1. The molecule has 2 aromatic rings. The number of imide groups is 2. The van der Waals surface area contributed by atoms with Crippen LogP contribution in [0.4, 0.5) is 11.4 Å². The minimum absolute atomic E-state index is 0. The first kappa shape index (κ1) is 19.0. The maximum Gasteiger partial charge on any atom is 0.258 e. The first-order valence-electron chi connectivity index (χ1n) is 8.33. The summed E-state index contributed by atoms with van der Waals surface area (Å²) in [5, 5.41) is 0. The van der Waals surface area contributed by atoms with Crippen molar-refractivity contribution >= 4 is 35.0 Å². The zero-order valence-electron chi connectivity index (χ0n) is 14.2. The van der Waals surface area contributed by atoms with Crippen LogP contribution in [-0.2, 0) is 25.6 Å². The van der Waals surface area contributed by atoms with E-state index in [2.05, 4.69) is 0 Å². The summed E-state index contributed by atoms with van der Waals surface area (Å²) in [6.07, 6.45) is 5.65. The van der Waals surface area contributed by atoms with Crippen molar-refractivity contribution in [3.8, 4) is 0 Å². The highest BCUT2D eigenvalue weighted by molar-refractivity contribution is 6.28. The quantitative estimate of drug-likeness (QED) is 0.772. The normalized spacial score (nSPS) is 15.6. The van der Waals surface area contributed by atoms with Crippen molar-refractivity contribution in [3.63, 3.8) is 0 Å². The smallest absolute Gasteiger partial charge is 0.258 e. The summed E-state index contributed by atoms with van der Waals surface area (Å²) in [6, 6.07) is 14.4. The van der Waals surface area contributed by atoms with Crippen LogP contribution in [0.15, 0.2) is 72.8 Å². The van der Waals surface area contributed by atoms with Crippen LogP contribution in [0.25, 0.3) is 0 Å². The van der Waals surface area contributed by atoms with Crippen molar-refractivity contribution in [1.82, 2.24) is 0 Å². The summed E-state index contributed by atoms with van der Waals surface area (Å²) >= 11 is 0. The molecule has 2 aliphatic heterocycles. The lowest BCUT2D eigenvalue weighted by Crippen LogP contribution is -2.29. The van der Waals surface area contributed by atoms with Gasteiger partial charge in [0.1, 0.15) is 0 Å². The molecule has 6 heteroatoms. The van der Waals surface area contributed by atoms with Gasteiger partial charge in [0.25, 0.3) is 23.6 Å². The Morgan fingerprint density at radius 3 is 1.07 bits per heavy atom. The topological polar surface area (TPSA) is 74.8 Å². The molecule has 0 spiro atoms. The molecule has 4 rings (SSSR count). The van der Waals surface area contributed by atoms with E-state index in [9.17, 15) is 19.2 Å². The molecule has 0 saturated heterocycles. The Bertz CT molecular complexity index is 898. The molecule has 0 aliphatic carbocycles. The Morgan fingerprint density at radius 1 is 0.500 bits per heavy atom. The fraction of sp³-hybridized carbons (Fsp3) is 0.0909. The van der Waals surface area contributed by atoms with E-state index in [-0.39, 0.29) is 31.1 Å². The number of benzene rings is 2. The minimum atomic E-state index is -0.344. The van der Waals surface area contributed by atoms with Gasteiger partial charge in [0.05, 0.1) is 11.4 Å². The highest BCUT2D eigenvalue weighted by atomic mass is 16.2. The van der Waals surface area contributed by atoms with Crippen LogP contribution < -0.4 is 9.80 Å². The Balaban J connectivity index is 0.00000225. The lowest BCUT2D eigenvalue weighted by atomic mass is 10.0. The van der Waals surface area contributed by atoms with Crippen LogP contribution >= 0.6 is 0 Å². The summed E-state index contributed by atoms with van der Waals surface area (Å²) < 4.78 is 0. The number of carbonyl (C=O) groups is 4. The van der Waals surface area contributed by atoms with E-state index in [1.165, 1.54) is 24.3 Å². The third-order valence-corrected chi connectivity index (χ3v) is 4.42. The van der Waals surface area contributed by atoms with E-state index in [1.807, 2.05) is 24.3 Å². The number of rotatable bonds is 4. The van der Waals surface area contributed by atoms with Gasteiger partial charge < -0.3 is 0 Å². The van der Waals surface area contributed by atoms with E-state index in [1.54, 1.807) is 24.3 Å². The maximum absolute atomic E-state index is 11.7.